The zero-order chi connectivity index (χ0) is 12.1. The Morgan fingerprint density at radius 2 is 2.24 bits per heavy atom. The van der Waals surface area contributed by atoms with Crippen LogP contribution in [0.25, 0.3) is 0 Å². The highest BCUT2D eigenvalue weighted by atomic mass is 16.1. The van der Waals surface area contributed by atoms with E-state index >= 15 is 0 Å². The fourth-order valence-electron chi connectivity index (χ4n) is 2.16. The van der Waals surface area contributed by atoms with Gasteiger partial charge >= 0.3 is 0 Å². The first-order chi connectivity index (χ1) is 8.29. The molecule has 0 radical (unpaired) electrons. The lowest BCUT2D eigenvalue weighted by molar-refractivity contribution is -0.115. The molecule has 1 aliphatic rings. The second-order valence-corrected chi connectivity index (χ2v) is 4.57. The minimum Gasteiger partial charge on any atom is -0.326 e. The molecule has 0 saturated carbocycles. The molecule has 0 fully saturated rings. The van der Waals surface area contributed by atoms with Crippen LogP contribution in [0.2, 0.25) is 0 Å². The molecule has 1 aromatic carbocycles. The summed E-state index contributed by atoms with van der Waals surface area (Å²) >= 11 is 0. The smallest absolute Gasteiger partial charge is 0.228 e. The lowest BCUT2D eigenvalue weighted by atomic mass is 10.0. The third kappa shape index (κ3) is 3.30. The summed E-state index contributed by atoms with van der Waals surface area (Å²) in [6, 6.07) is 6.30. The molecule has 1 amide bonds. The Morgan fingerprint density at radius 1 is 1.35 bits per heavy atom. The zero-order valence-electron chi connectivity index (χ0n) is 10.4. The van der Waals surface area contributed by atoms with Crippen LogP contribution in [0.1, 0.15) is 30.9 Å². The predicted molar refractivity (Wildman–Crippen MR) is 70.3 cm³/mol. The molecule has 3 heteroatoms. The number of rotatable bonds is 6. The summed E-state index contributed by atoms with van der Waals surface area (Å²) in [7, 11) is 0. The third-order valence-electron chi connectivity index (χ3n) is 3.04. The Bertz CT molecular complexity index is 401. The molecule has 1 aromatic rings. The number of hydrogen-bond donors (Lipinski definition) is 2. The van der Waals surface area contributed by atoms with Crippen LogP contribution in [0.3, 0.4) is 0 Å². The normalized spacial score (nSPS) is 13.6. The molecule has 3 nitrogen and oxygen atoms in total. The van der Waals surface area contributed by atoms with Crippen molar-refractivity contribution < 1.29 is 4.79 Å². The highest BCUT2D eigenvalue weighted by Crippen LogP contribution is 2.24. The maximum Gasteiger partial charge on any atom is 0.228 e. The van der Waals surface area contributed by atoms with Gasteiger partial charge < -0.3 is 10.6 Å². The van der Waals surface area contributed by atoms with Gasteiger partial charge in [0.1, 0.15) is 0 Å². The van der Waals surface area contributed by atoms with Gasteiger partial charge in [0.25, 0.3) is 0 Å². The first kappa shape index (κ1) is 12.1. The average molecular weight is 232 g/mol. The molecule has 17 heavy (non-hydrogen) atoms. The molecule has 0 aliphatic carbocycles. The zero-order valence-corrected chi connectivity index (χ0v) is 10.4. The van der Waals surface area contributed by atoms with Crippen molar-refractivity contribution in [3.05, 3.63) is 29.3 Å². The Labute approximate surface area is 103 Å². The Balaban J connectivity index is 1.82. The number of benzene rings is 1. The number of carbonyl (C=O) groups excluding carboxylic acids is 1. The van der Waals surface area contributed by atoms with Gasteiger partial charge in [-0.3, -0.25) is 4.79 Å². The minimum absolute atomic E-state index is 0.113. The highest BCUT2D eigenvalue weighted by Gasteiger charge is 2.16. The maximum absolute atomic E-state index is 11.2. The number of aryl methyl sites for hydroxylation is 1. The summed E-state index contributed by atoms with van der Waals surface area (Å²) in [6.45, 7) is 4.35. The van der Waals surface area contributed by atoms with E-state index in [1.807, 2.05) is 6.07 Å². The lowest BCUT2D eigenvalue weighted by Gasteiger charge is -2.05. The molecular formula is C14H20N2O. The molecule has 0 saturated heterocycles. The van der Waals surface area contributed by atoms with Gasteiger partial charge in [-0.15, -0.1) is 0 Å². The van der Waals surface area contributed by atoms with Crippen LogP contribution in [0.4, 0.5) is 5.69 Å². The summed E-state index contributed by atoms with van der Waals surface area (Å²) in [4.78, 5) is 11.2. The van der Waals surface area contributed by atoms with E-state index in [-0.39, 0.29) is 5.91 Å². The summed E-state index contributed by atoms with van der Waals surface area (Å²) in [6.07, 6.45) is 3.96. The topological polar surface area (TPSA) is 41.1 Å². The summed E-state index contributed by atoms with van der Waals surface area (Å²) < 4.78 is 0. The van der Waals surface area contributed by atoms with Crippen LogP contribution >= 0.6 is 0 Å². The molecule has 0 bridgehead atoms. The third-order valence-corrected chi connectivity index (χ3v) is 3.04. The average Bonchev–Trinajstić information content (AvgIpc) is 2.68. The van der Waals surface area contributed by atoms with Crippen molar-refractivity contribution in [1.82, 2.24) is 5.32 Å². The van der Waals surface area contributed by atoms with Crippen molar-refractivity contribution in [3.63, 3.8) is 0 Å². The standard InChI is InChI=1S/C14H20N2O/c1-2-7-15-8-3-4-11-5-6-13-12(9-11)10-14(17)16-13/h5-6,9,15H,2-4,7-8,10H2,1H3,(H,16,17). The summed E-state index contributed by atoms with van der Waals surface area (Å²) in [5, 5.41) is 6.26. The van der Waals surface area contributed by atoms with E-state index < -0.39 is 0 Å². The largest absolute Gasteiger partial charge is 0.326 e. The van der Waals surface area contributed by atoms with E-state index in [4.69, 9.17) is 0 Å². The van der Waals surface area contributed by atoms with Crippen LogP contribution in [0.15, 0.2) is 18.2 Å². The van der Waals surface area contributed by atoms with E-state index in [1.165, 1.54) is 12.0 Å². The molecule has 2 N–H and O–H groups in total. The van der Waals surface area contributed by atoms with Gasteiger partial charge in [-0.05, 0) is 49.5 Å². The van der Waals surface area contributed by atoms with Gasteiger partial charge in [-0.2, -0.15) is 0 Å². The van der Waals surface area contributed by atoms with Gasteiger partial charge in [-0.1, -0.05) is 19.1 Å². The Morgan fingerprint density at radius 3 is 3.06 bits per heavy atom. The predicted octanol–water partition coefficient (Wildman–Crippen LogP) is 2.11. The summed E-state index contributed by atoms with van der Waals surface area (Å²) in [5.41, 5.74) is 3.47. The number of carbonyl (C=O) groups is 1. The van der Waals surface area contributed by atoms with E-state index in [0.717, 1.165) is 37.2 Å². The van der Waals surface area contributed by atoms with Crippen molar-refractivity contribution >= 4 is 11.6 Å². The first-order valence-corrected chi connectivity index (χ1v) is 6.42. The molecule has 2 rings (SSSR count). The van der Waals surface area contributed by atoms with Gasteiger partial charge in [0, 0.05) is 5.69 Å². The number of anilines is 1. The fraction of sp³-hybridized carbons (Fsp3) is 0.500. The highest BCUT2D eigenvalue weighted by molar-refractivity contribution is 5.99. The maximum atomic E-state index is 11.2. The van der Waals surface area contributed by atoms with Crippen LogP contribution in [0, 0.1) is 0 Å². The molecular weight excluding hydrogens is 212 g/mol. The second-order valence-electron chi connectivity index (χ2n) is 4.57. The molecule has 0 atom stereocenters. The number of nitrogens with one attached hydrogen (secondary N) is 2. The van der Waals surface area contributed by atoms with Crippen LogP contribution in [-0.4, -0.2) is 19.0 Å². The molecule has 0 aromatic heterocycles. The number of amides is 1. The minimum atomic E-state index is 0.113. The van der Waals surface area contributed by atoms with Crippen molar-refractivity contribution in [2.45, 2.75) is 32.6 Å². The van der Waals surface area contributed by atoms with E-state index in [1.54, 1.807) is 0 Å². The van der Waals surface area contributed by atoms with Gasteiger partial charge in [0.2, 0.25) is 5.91 Å². The van der Waals surface area contributed by atoms with Crippen molar-refractivity contribution in [1.29, 1.82) is 0 Å². The van der Waals surface area contributed by atoms with E-state index in [2.05, 4.69) is 29.7 Å². The monoisotopic (exact) mass is 232 g/mol. The van der Waals surface area contributed by atoms with Gasteiger partial charge in [-0.25, -0.2) is 0 Å². The van der Waals surface area contributed by atoms with Gasteiger partial charge in [0.15, 0.2) is 0 Å². The molecule has 0 spiro atoms. The number of hydrogen-bond acceptors (Lipinski definition) is 2. The lowest BCUT2D eigenvalue weighted by Crippen LogP contribution is -2.16. The molecule has 0 unspecified atom stereocenters. The van der Waals surface area contributed by atoms with Gasteiger partial charge in [0.05, 0.1) is 6.42 Å². The van der Waals surface area contributed by atoms with E-state index in [0.29, 0.717) is 6.42 Å². The van der Waals surface area contributed by atoms with Crippen molar-refractivity contribution in [3.8, 4) is 0 Å². The molecule has 1 aliphatic heterocycles. The van der Waals surface area contributed by atoms with Crippen LogP contribution < -0.4 is 10.6 Å². The van der Waals surface area contributed by atoms with Crippen LogP contribution in [-0.2, 0) is 17.6 Å². The first-order valence-electron chi connectivity index (χ1n) is 6.42. The number of fused-ring (bicyclic) bond motifs is 1. The second kappa shape index (κ2) is 5.82. The Hall–Kier alpha value is -1.35. The van der Waals surface area contributed by atoms with Crippen LogP contribution in [0.5, 0.6) is 0 Å². The molecule has 92 valence electrons. The SMILES string of the molecule is CCCNCCCc1ccc2c(c1)CC(=O)N2. The Kier molecular flexibility index (Phi) is 4.15. The van der Waals surface area contributed by atoms with Crippen molar-refractivity contribution in [2.24, 2.45) is 0 Å². The molecule has 1 heterocycles. The van der Waals surface area contributed by atoms with E-state index in [9.17, 15) is 4.79 Å². The summed E-state index contributed by atoms with van der Waals surface area (Å²) in [5.74, 6) is 0.113. The van der Waals surface area contributed by atoms with Crippen molar-refractivity contribution in [2.75, 3.05) is 18.4 Å². The fourth-order valence-corrected chi connectivity index (χ4v) is 2.16. The quantitative estimate of drug-likeness (QED) is 0.738.